The van der Waals surface area contributed by atoms with Crippen LogP contribution in [0.4, 0.5) is 4.79 Å². The number of nitrogens with one attached hydrogen (secondary N) is 1. The van der Waals surface area contributed by atoms with Gasteiger partial charge in [-0.05, 0) is 86.2 Å². The normalized spacial score (nSPS) is 19.3. The molecular weight excluding hydrogens is 444 g/mol. The Labute approximate surface area is 215 Å². The predicted molar refractivity (Wildman–Crippen MR) is 142 cm³/mol. The molecule has 2 fully saturated rings. The summed E-state index contributed by atoms with van der Waals surface area (Å²) in [5.74, 6) is 0. The second kappa shape index (κ2) is 16.7. The van der Waals surface area contributed by atoms with E-state index in [0.29, 0.717) is 6.10 Å². The number of piperazine rings is 2. The minimum atomic E-state index is -0.482. The quantitative estimate of drug-likeness (QED) is 0.326. The van der Waals surface area contributed by atoms with Gasteiger partial charge < -0.3 is 29.3 Å². The van der Waals surface area contributed by atoms with Crippen LogP contribution in [0.1, 0.15) is 73.1 Å². The molecule has 1 amide bonds. The van der Waals surface area contributed by atoms with Crippen LogP contribution in [0.3, 0.4) is 0 Å². The Morgan fingerprint density at radius 1 is 0.829 bits per heavy atom. The minimum Gasteiger partial charge on any atom is -0.443 e. The summed E-state index contributed by atoms with van der Waals surface area (Å²) in [5.41, 5.74) is -0.482. The summed E-state index contributed by atoms with van der Waals surface area (Å²) >= 11 is 0. The van der Waals surface area contributed by atoms with E-state index in [1.54, 1.807) is 0 Å². The molecule has 2 aliphatic heterocycles. The first-order chi connectivity index (χ1) is 16.7. The van der Waals surface area contributed by atoms with Gasteiger partial charge in [0, 0.05) is 65.6 Å². The number of ether oxygens (including phenoxy) is 3. The molecule has 0 aliphatic carbocycles. The van der Waals surface area contributed by atoms with Gasteiger partial charge in [-0.25, -0.2) is 4.79 Å². The number of hydrogen-bond acceptors (Lipinski definition) is 7. The van der Waals surface area contributed by atoms with Crippen LogP contribution in [0.25, 0.3) is 0 Å². The summed E-state index contributed by atoms with van der Waals surface area (Å²) in [5, 5.41) is 3.40. The largest absolute Gasteiger partial charge is 0.443 e. The van der Waals surface area contributed by atoms with Gasteiger partial charge in [-0.15, -0.1) is 0 Å². The minimum absolute atomic E-state index is 0.179. The summed E-state index contributed by atoms with van der Waals surface area (Å²) < 4.78 is 17.5. The zero-order chi connectivity index (χ0) is 25.5. The van der Waals surface area contributed by atoms with Crippen molar-refractivity contribution in [2.24, 2.45) is 0 Å². The highest BCUT2D eigenvalue weighted by Crippen LogP contribution is 2.21. The molecule has 2 aliphatic rings. The van der Waals surface area contributed by atoms with Gasteiger partial charge in [-0.1, -0.05) is 0 Å². The highest BCUT2D eigenvalue weighted by atomic mass is 16.6. The van der Waals surface area contributed by atoms with Gasteiger partial charge in [-0.3, -0.25) is 4.90 Å². The average molecular weight is 499 g/mol. The Bertz CT molecular complexity index is 561. The maximum Gasteiger partial charge on any atom is 0.410 e. The van der Waals surface area contributed by atoms with Crippen molar-refractivity contribution in [3.05, 3.63) is 0 Å². The number of carbonyl (C=O) groups is 1. The molecule has 0 spiro atoms. The third-order valence-electron chi connectivity index (χ3n) is 6.95. The number of nitrogens with zero attached hydrogens (tertiary/aromatic N) is 3. The van der Waals surface area contributed by atoms with Crippen molar-refractivity contribution >= 4 is 6.09 Å². The van der Waals surface area contributed by atoms with Crippen molar-refractivity contribution in [1.29, 1.82) is 0 Å². The van der Waals surface area contributed by atoms with Gasteiger partial charge in [0.2, 0.25) is 0 Å². The third-order valence-corrected chi connectivity index (χ3v) is 6.95. The topological polar surface area (TPSA) is 66.5 Å². The number of rotatable bonds is 16. The van der Waals surface area contributed by atoms with Crippen LogP contribution in [-0.4, -0.2) is 117 Å². The first-order valence-corrected chi connectivity index (χ1v) is 14.1. The van der Waals surface area contributed by atoms with E-state index in [0.717, 1.165) is 104 Å². The second-order valence-corrected chi connectivity index (χ2v) is 11.1. The highest BCUT2D eigenvalue weighted by molar-refractivity contribution is 5.68. The standard InChI is InChI=1S/C27H54N4O4/c1-24(2)33-22-8-6-15-30-18-20-31(21-19-30)26(32)35-27(4,5)11-10-25(3)34-23-9-7-14-29-16-12-28-13-17-29/h24-25,28H,6-23H2,1-5H3. The average Bonchev–Trinajstić information content (AvgIpc) is 2.83. The second-order valence-electron chi connectivity index (χ2n) is 11.1. The smallest absolute Gasteiger partial charge is 0.410 e. The van der Waals surface area contributed by atoms with E-state index in [1.807, 2.05) is 18.7 Å². The van der Waals surface area contributed by atoms with Crippen molar-refractivity contribution in [3.63, 3.8) is 0 Å². The number of carbonyl (C=O) groups excluding carboxylic acids is 1. The molecule has 0 bridgehead atoms. The van der Waals surface area contributed by atoms with Crippen LogP contribution in [0.2, 0.25) is 0 Å². The summed E-state index contributed by atoms with van der Waals surface area (Å²) in [6, 6.07) is 0. The van der Waals surface area contributed by atoms with Gasteiger partial charge >= 0.3 is 6.09 Å². The third kappa shape index (κ3) is 13.8. The maximum absolute atomic E-state index is 12.7. The molecule has 1 atom stereocenters. The summed E-state index contributed by atoms with van der Waals surface area (Å²) in [4.78, 5) is 19.6. The molecule has 206 valence electrons. The van der Waals surface area contributed by atoms with E-state index >= 15 is 0 Å². The Morgan fingerprint density at radius 2 is 1.40 bits per heavy atom. The first-order valence-electron chi connectivity index (χ1n) is 14.1. The molecule has 1 N–H and O–H groups in total. The fraction of sp³-hybridized carbons (Fsp3) is 0.963. The van der Waals surface area contributed by atoms with Crippen LogP contribution in [0.5, 0.6) is 0 Å². The molecule has 0 aromatic rings. The van der Waals surface area contributed by atoms with E-state index < -0.39 is 5.60 Å². The highest BCUT2D eigenvalue weighted by Gasteiger charge is 2.29. The van der Waals surface area contributed by atoms with Crippen molar-refractivity contribution in [2.75, 3.05) is 78.7 Å². The molecule has 2 rings (SSSR count). The number of amides is 1. The van der Waals surface area contributed by atoms with E-state index in [9.17, 15) is 4.79 Å². The summed E-state index contributed by atoms with van der Waals surface area (Å²) in [7, 11) is 0. The lowest BCUT2D eigenvalue weighted by molar-refractivity contribution is -0.0146. The van der Waals surface area contributed by atoms with Gasteiger partial charge in [-0.2, -0.15) is 0 Å². The van der Waals surface area contributed by atoms with Crippen LogP contribution < -0.4 is 5.32 Å². The van der Waals surface area contributed by atoms with Crippen LogP contribution in [0.15, 0.2) is 0 Å². The first kappa shape index (κ1) is 30.3. The fourth-order valence-electron chi connectivity index (χ4n) is 4.55. The molecule has 2 saturated heterocycles. The Balaban J connectivity index is 1.51. The van der Waals surface area contributed by atoms with Crippen LogP contribution in [-0.2, 0) is 14.2 Å². The monoisotopic (exact) mass is 498 g/mol. The van der Waals surface area contributed by atoms with Gasteiger partial charge in [0.1, 0.15) is 5.60 Å². The number of unbranched alkanes of at least 4 members (excludes halogenated alkanes) is 2. The fourth-order valence-corrected chi connectivity index (χ4v) is 4.55. The Hall–Kier alpha value is -0.930. The van der Waals surface area contributed by atoms with Crippen LogP contribution >= 0.6 is 0 Å². The van der Waals surface area contributed by atoms with Gasteiger partial charge in [0.15, 0.2) is 0 Å². The molecule has 0 radical (unpaired) electrons. The maximum atomic E-state index is 12.7. The molecule has 0 aromatic carbocycles. The van der Waals surface area contributed by atoms with E-state index in [1.165, 1.54) is 13.0 Å². The van der Waals surface area contributed by atoms with Crippen LogP contribution in [0, 0.1) is 0 Å². The zero-order valence-corrected chi connectivity index (χ0v) is 23.4. The molecule has 0 aromatic heterocycles. The van der Waals surface area contributed by atoms with Gasteiger partial charge in [0.25, 0.3) is 0 Å². The lowest BCUT2D eigenvalue weighted by Crippen LogP contribution is -2.50. The van der Waals surface area contributed by atoms with E-state index in [4.69, 9.17) is 14.2 Å². The lowest BCUT2D eigenvalue weighted by Gasteiger charge is -2.36. The molecule has 2 heterocycles. The van der Waals surface area contributed by atoms with Crippen molar-refractivity contribution in [1.82, 2.24) is 20.0 Å². The summed E-state index contributed by atoms with van der Waals surface area (Å²) in [6.07, 6.45) is 6.53. The Kier molecular flexibility index (Phi) is 14.5. The molecule has 0 saturated carbocycles. The molecule has 35 heavy (non-hydrogen) atoms. The lowest BCUT2D eigenvalue weighted by atomic mass is 10.0. The molecule has 8 heteroatoms. The van der Waals surface area contributed by atoms with Gasteiger partial charge in [0.05, 0.1) is 12.2 Å². The number of hydrogen-bond donors (Lipinski definition) is 1. The SMILES string of the molecule is CC(C)OCCCCN1CCN(C(=O)OC(C)(C)CCC(C)OCCCCN2CCNCC2)CC1. The molecular formula is C27H54N4O4. The molecule has 1 unspecified atom stereocenters. The van der Waals surface area contributed by atoms with Crippen molar-refractivity contribution in [3.8, 4) is 0 Å². The van der Waals surface area contributed by atoms with E-state index in [2.05, 4.69) is 35.9 Å². The Morgan fingerprint density at radius 3 is 2.00 bits per heavy atom. The van der Waals surface area contributed by atoms with Crippen molar-refractivity contribution in [2.45, 2.75) is 91.0 Å². The van der Waals surface area contributed by atoms with E-state index in [-0.39, 0.29) is 12.2 Å². The summed E-state index contributed by atoms with van der Waals surface area (Å²) in [6.45, 7) is 22.0. The predicted octanol–water partition coefficient (Wildman–Crippen LogP) is 3.60. The molecule has 8 nitrogen and oxygen atoms in total. The zero-order valence-electron chi connectivity index (χ0n) is 23.4. The van der Waals surface area contributed by atoms with Crippen molar-refractivity contribution < 1.29 is 19.0 Å².